The van der Waals surface area contributed by atoms with Crippen LogP contribution in [-0.2, 0) is 9.47 Å². The Labute approximate surface area is 78.2 Å². The molecule has 3 heteroatoms. The summed E-state index contributed by atoms with van der Waals surface area (Å²) in [5, 5.41) is 0. The highest BCUT2D eigenvalue weighted by atomic mass is 35.5. The predicted molar refractivity (Wildman–Crippen MR) is 47.3 cm³/mol. The van der Waals surface area contributed by atoms with Crippen molar-refractivity contribution in [2.75, 3.05) is 12.5 Å². The normalized spacial score (nSPS) is 42.0. The lowest BCUT2D eigenvalue weighted by atomic mass is 10.1. The minimum atomic E-state index is -0.264. The summed E-state index contributed by atoms with van der Waals surface area (Å²) in [7, 11) is 0. The third-order valence-corrected chi connectivity index (χ3v) is 3.09. The van der Waals surface area contributed by atoms with Gasteiger partial charge in [-0.1, -0.05) is 6.92 Å². The molecule has 2 fully saturated rings. The molecule has 0 N–H and O–H groups in total. The molecule has 1 aliphatic carbocycles. The summed E-state index contributed by atoms with van der Waals surface area (Å²) in [4.78, 5) is 0. The number of hydrogen-bond donors (Lipinski definition) is 0. The van der Waals surface area contributed by atoms with Gasteiger partial charge in [-0.2, -0.15) is 0 Å². The van der Waals surface area contributed by atoms with E-state index in [0.717, 1.165) is 6.42 Å². The molecule has 1 saturated heterocycles. The van der Waals surface area contributed by atoms with E-state index in [1.54, 1.807) is 0 Å². The van der Waals surface area contributed by atoms with Crippen LogP contribution < -0.4 is 0 Å². The average molecular weight is 191 g/mol. The highest BCUT2D eigenvalue weighted by molar-refractivity contribution is 6.18. The fourth-order valence-electron chi connectivity index (χ4n) is 1.87. The van der Waals surface area contributed by atoms with Crippen LogP contribution in [0.2, 0.25) is 0 Å². The van der Waals surface area contributed by atoms with Gasteiger partial charge in [-0.25, -0.2) is 0 Å². The second kappa shape index (κ2) is 3.17. The van der Waals surface area contributed by atoms with Crippen LogP contribution in [0, 0.1) is 5.92 Å². The largest absolute Gasteiger partial charge is 0.347 e. The molecule has 1 saturated carbocycles. The van der Waals surface area contributed by atoms with Gasteiger partial charge in [0.2, 0.25) is 0 Å². The second-order valence-corrected chi connectivity index (χ2v) is 3.95. The molecule has 1 heterocycles. The number of hydrogen-bond acceptors (Lipinski definition) is 2. The van der Waals surface area contributed by atoms with Gasteiger partial charge in [-0.3, -0.25) is 0 Å². The van der Waals surface area contributed by atoms with Crippen LogP contribution in [0.25, 0.3) is 0 Å². The monoisotopic (exact) mass is 190 g/mol. The summed E-state index contributed by atoms with van der Waals surface area (Å²) in [5.74, 6) is 0.921. The first kappa shape index (κ1) is 8.79. The molecular formula is C9H15ClO2. The van der Waals surface area contributed by atoms with Gasteiger partial charge < -0.3 is 9.47 Å². The lowest BCUT2D eigenvalue weighted by molar-refractivity contribution is -0.183. The van der Waals surface area contributed by atoms with E-state index in [1.165, 1.54) is 12.8 Å². The highest BCUT2D eigenvalue weighted by Crippen LogP contribution is 2.47. The van der Waals surface area contributed by atoms with Crippen LogP contribution in [0.3, 0.4) is 0 Å². The Morgan fingerprint density at radius 2 is 2.25 bits per heavy atom. The number of alkyl halides is 1. The van der Waals surface area contributed by atoms with Gasteiger partial charge in [-0.05, 0) is 19.3 Å². The van der Waals surface area contributed by atoms with Crippen molar-refractivity contribution < 1.29 is 9.47 Å². The third-order valence-electron chi connectivity index (χ3n) is 2.74. The van der Waals surface area contributed by atoms with Gasteiger partial charge in [-0.15, -0.1) is 11.6 Å². The first-order chi connectivity index (χ1) is 5.80. The number of ether oxygens (including phenoxy) is 2. The van der Waals surface area contributed by atoms with Gasteiger partial charge in [0, 0.05) is 5.92 Å². The van der Waals surface area contributed by atoms with Crippen LogP contribution in [0.4, 0.5) is 0 Å². The number of rotatable bonds is 3. The topological polar surface area (TPSA) is 18.5 Å². The zero-order valence-electron chi connectivity index (χ0n) is 7.38. The van der Waals surface area contributed by atoms with Crippen LogP contribution in [0.5, 0.6) is 0 Å². The molecule has 70 valence electrons. The Morgan fingerprint density at radius 3 is 2.67 bits per heavy atom. The molecule has 2 unspecified atom stereocenters. The van der Waals surface area contributed by atoms with Crippen molar-refractivity contribution >= 4 is 11.6 Å². The SMILES string of the molecule is CCC1(C2CC2)OCC(CCl)O1. The summed E-state index contributed by atoms with van der Waals surface area (Å²) in [6.45, 7) is 2.79. The van der Waals surface area contributed by atoms with E-state index in [1.807, 2.05) is 0 Å². The Hall–Kier alpha value is 0.210. The van der Waals surface area contributed by atoms with Crippen molar-refractivity contribution in [2.45, 2.75) is 38.1 Å². The van der Waals surface area contributed by atoms with E-state index < -0.39 is 0 Å². The Balaban J connectivity index is 2.00. The molecule has 12 heavy (non-hydrogen) atoms. The molecule has 2 rings (SSSR count). The van der Waals surface area contributed by atoms with Gasteiger partial charge >= 0.3 is 0 Å². The van der Waals surface area contributed by atoms with Crippen molar-refractivity contribution in [3.63, 3.8) is 0 Å². The van der Waals surface area contributed by atoms with Crippen molar-refractivity contribution in [1.29, 1.82) is 0 Å². The summed E-state index contributed by atoms with van der Waals surface area (Å²) in [6.07, 6.45) is 3.57. The maximum absolute atomic E-state index is 5.82. The van der Waals surface area contributed by atoms with E-state index in [4.69, 9.17) is 21.1 Å². The van der Waals surface area contributed by atoms with E-state index >= 15 is 0 Å². The van der Waals surface area contributed by atoms with Crippen LogP contribution in [0.15, 0.2) is 0 Å². The summed E-state index contributed by atoms with van der Waals surface area (Å²) >= 11 is 5.71. The Morgan fingerprint density at radius 1 is 1.50 bits per heavy atom. The Kier molecular flexibility index (Phi) is 2.32. The minimum Gasteiger partial charge on any atom is -0.347 e. The van der Waals surface area contributed by atoms with Crippen LogP contribution in [-0.4, -0.2) is 24.4 Å². The van der Waals surface area contributed by atoms with Crippen molar-refractivity contribution in [1.82, 2.24) is 0 Å². The van der Waals surface area contributed by atoms with Gasteiger partial charge in [0.15, 0.2) is 5.79 Å². The zero-order chi connectivity index (χ0) is 8.60. The molecule has 0 aromatic rings. The number of halogens is 1. The first-order valence-corrected chi connectivity index (χ1v) is 5.22. The quantitative estimate of drug-likeness (QED) is 0.635. The molecule has 0 aromatic carbocycles. The van der Waals surface area contributed by atoms with Crippen LogP contribution in [0.1, 0.15) is 26.2 Å². The van der Waals surface area contributed by atoms with Crippen LogP contribution >= 0.6 is 11.6 Å². The lowest BCUT2D eigenvalue weighted by Gasteiger charge is -2.26. The zero-order valence-corrected chi connectivity index (χ0v) is 8.14. The van der Waals surface area contributed by atoms with Crippen molar-refractivity contribution in [2.24, 2.45) is 5.92 Å². The summed E-state index contributed by atoms with van der Waals surface area (Å²) in [6, 6.07) is 0. The molecular weight excluding hydrogens is 176 g/mol. The summed E-state index contributed by atoms with van der Waals surface area (Å²) in [5.41, 5.74) is 0. The molecule has 0 amide bonds. The van der Waals surface area contributed by atoms with Gasteiger partial charge in [0.1, 0.15) is 0 Å². The molecule has 2 nitrogen and oxygen atoms in total. The lowest BCUT2D eigenvalue weighted by Crippen LogP contribution is -2.32. The van der Waals surface area contributed by atoms with Crippen molar-refractivity contribution in [3.8, 4) is 0 Å². The molecule has 0 bridgehead atoms. The maximum atomic E-state index is 5.82. The second-order valence-electron chi connectivity index (χ2n) is 3.64. The van der Waals surface area contributed by atoms with Gasteiger partial charge in [0.05, 0.1) is 18.6 Å². The fraction of sp³-hybridized carbons (Fsp3) is 1.00. The third kappa shape index (κ3) is 1.36. The highest BCUT2D eigenvalue weighted by Gasteiger charge is 2.51. The van der Waals surface area contributed by atoms with Gasteiger partial charge in [0.25, 0.3) is 0 Å². The standard InChI is InChI=1S/C9H15ClO2/c1-2-9(7-3-4-7)11-6-8(5-10)12-9/h7-8H,2-6H2,1H3. The maximum Gasteiger partial charge on any atom is 0.171 e. The van der Waals surface area contributed by atoms with E-state index in [9.17, 15) is 0 Å². The predicted octanol–water partition coefficient (Wildman–Crippen LogP) is 2.16. The average Bonchev–Trinajstić information content (AvgIpc) is 2.87. The first-order valence-electron chi connectivity index (χ1n) is 4.68. The van der Waals surface area contributed by atoms with E-state index in [0.29, 0.717) is 18.4 Å². The molecule has 0 aromatic heterocycles. The fourth-order valence-corrected chi connectivity index (χ4v) is 2.02. The molecule has 0 spiro atoms. The molecule has 2 aliphatic rings. The Bertz CT molecular complexity index is 170. The van der Waals surface area contributed by atoms with E-state index in [-0.39, 0.29) is 11.9 Å². The smallest absolute Gasteiger partial charge is 0.171 e. The van der Waals surface area contributed by atoms with E-state index in [2.05, 4.69) is 6.92 Å². The molecule has 2 atom stereocenters. The minimum absolute atomic E-state index is 0.118. The molecule has 1 aliphatic heterocycles. The molecule has 0 radical (unpaired) electrons. The van der Waals surface area contributed by atoms with Crippen molar-refractivity contribution in [3.05, 3.63) is 0 Å². The summed E-state index contributed by atoms with van der Waals surface area (Å²) < 4.78 is 11.5.